The van der Waals surface area contributed by atoms with Gasteiger partial charge in [-0.15, -0.1) is 0 Å². The minimum atomic E-state index is 0.388. The SMILES string of the molecule is CN=C(NCC1CN(C)CCN1C)N1CCC2(CCOC2)C1. The molecule has 3 aliphatic rings. The van der Waals surface area contributed by atoms with E-state index in [-0.39, 0.29) is 0 Å². The van der Waals surface area contributed by atoms with Crippen LogP contribution in [0.4, 0.5) is 0 Å². The summed E-state index contributed by atoms with van der Waals surface area (Å²) in [6.45, 7) is 8.44. The van der Waals surface area contributed by atoms with Gasteiger partial charge >= 0.3 is 0 Å². The average Bonchev–Trinajstić information content (AvgIpc) is 3.14. The van der Waals surface area contributed by atoms with Gasteiger partial charge in [-0.1, -0.05) is 0 Å². The molecule has 0 aromatic heterocycles. The molecule has 3 saturated heterocycles. The molecule has 1 N–H and O–H groups in total. The highest BCUT2D eigenvalue weighted by Gasteiger charge is 2.42. The van der Waals surface area contributed by atoms with Gasteiger partial charge in [-0.2, -0.15) is 0 Å². The van der Waals surface area contributed by atoms with Gasteiger partial charge in [0.1, 0.15) is 0 Å². The Morgan fingerprint density at radius 2 is 2.14 bits per heavy atom. The van der Waals surface area contributed by atoms with Gasteiger partial charge in [0.25, 0.3) is 0 Å². The first-order valence-electron chi connectivity index (χ1n) is 8.54. The van der Waals surface area contributed by atoms with Crippen LogP contribution in [0.3, 0.4) is 0 Å². The van der Waals surface area contributed by atoms with E-state index in [2.05, 4.69) is 39.1 Å². The van der Waals surface area contributed by atoms with E-state index in [0.29, 0.717) is 11.5 Å². The predicted molar refractivity (Wildman–Crippen MR) is 89.3 cm³/mol. The number of hydrogen-bond acceptors (Lipinski definition) is 4. The summed E-state index contributed by atoms with van der Waals surface area (Å²) >= 11 is 0. The Labute approximate surface area is 134 Å². The largest absolute Gasteiger partial charge is 0.381 e. The van der Waals surface area contributed by atoms with E-state index in [1.54, 1.807) is 0 Å². The predicted octanol–water partition coefficient (Wildman–Crippen LogP) is -0.0800. The van der Waals surface area contributed by atoms with Crippen LogP contribution in [0.1, 0.15) is 12.8 Å². The van der Waals surface area contributed by atoms with Gasteiger partial charge in [0.15, 0.2) is 5.96 Å². The molecule has 2 unspecified atom stereocenters. The Kier molecular flexibility index (Phi) is 4.90. The van der Waals surface area contributed by atoms with E-state index < -0.39 is 0 Å². The van der Waals surface area contributed by atoms with Crippen LogP contribution >= 0.6 is 0 Å². The van der Waals surface area contributed by atoms with Crippen LogP contribution in [0.15, 0.2) is 4.99 Å². The lowest BCUT2D eigenvalue weighted by atomic mass is 9.87. The third kappa shape index (κ3) is 3.39. The number of hydrogen-bond donors (Lipinski definition) is 1. The Morgan fingerprint density at radius 1 is 1.27 bits per heavy atom. The summed E-state index contributed by atoms with van der Waals surface area (Å²) in [5.41, 5.74) is 0.388. The van der Waals surface area contributed by atoms with Crippen LogP contribution in [0.25, 0.3) is 0 Å². The smallest absolute Gasteiger partial charge is 0.193 e. The lowest BCUT2D eigenvalue weighted by Crippen LogP contribution is -2.55. The molecule has 6 heteroatoms. The van der Waals surface area contributed by atoms with Gasteiger partial charge in [0.05, 0.1) is 6.61 Å². The third-order valence-corrected chi connectivity index (χ3v) is 5.61. The molecule has 3 rings (SSSR count). The molecule has 3 fully saturated rings. The molecular formula is C16H31N5O. The first-order chi connectivity index (χ1) is 10.6. The number of guanidine groups is 1. The molecule has 3 aliphatic heterocycles. The van der Waals surface area contributed by atoms with Crippen molar-refractivity contribution in [1.82, 2.24) is 20.0 Å². The minimum absolute atomic E-state index is 0.388. The van der Waals surface area contributed by atoms with Crippen molar-refractivity contribution in [3.05, 3.63) is 0 Å². The zero-order chi connectivity index (χ0) is 15.6. The standard InChI is InChI=1S/C16H31N5O/c1-17-15(18-10-14-11-19(2)7-8-20(14)3)21-6-4-16(12-21)5-9-22-13-16/h14H,4-13H2,1-3H3,(H,17,18). The second-order valence-corrected chi connectivity index (χ2v) is 7.30. The fourth-order valence-electron chi connectivity index (χ4n) is 3.95. The summed E-state index contributed by atoms with van der Waals surface area (Å²) in [7, 11) is 6.33. The maximum atomic E-state index is 5.63. The van der Waals surface area contributed by atoms with E-state index >= 15 is 0 Å². The molecule has 0 saturated carbocycles. The van der Waals surface area contributed by atoms with Crippen molar-refractivity contribution in [3.63, 3.8) is 0 Å². The maximum Gasteiger partial charge on any atom is 0.193 e. The maximum absolute atomic E-state index is 5.63. The van der Waals surface area contributed by atoms with Crippen LogP contribution in [-0.2, 0) is 4.74 Å². The highest BCUT2D eigenvalue weighted by Crippen LogP contribution is 2.38. The van der Waals surface area contributed by atoms with Gasteiger partial charge in [-0.3, -0.25) is 9.89 Å². The van der Waals surface area contributed by atoms with Crippen LogP contribution in [-0.4, -0.2) is 100 Å². The summed E-state index contributed by atoms with van der Waals surface area (Å²) in [5, 5.41) is 3.61. The molecule has 1 spiro atoms. The molecule has 6 nitrogen and oxygen atoms in total. The second-order valence-electron chi connectivity index (χ2n) is 7.30. The van der Waals surface area contributed by atoms with Gasteiger partial charge in [0.2, 0.25) is 0 Å². The Balaban J connectivity index is 1.52. The number of piperazine rings is 1. The highest BCUT2D eigenvalue weighted by molar-refractivity contribution is 5.80. The molecule has 0 amide bonds. The number of ether oxygens (including phenoxy) is 1. The molecule has 2 atom stereocenters. The normalized spacial score (nSPS) is 34.8. The molecule has 0 bridgehead atoms. The molecular weight excluding hydrogens is 278 g/mol. The Morgan fingerprint density at radius 3 is 2.86 bits per heavy atom. The number of likely N-dealkylation sites (N-methyl/N-ethyl adjacent to an activating group) is 2. The van der Waals surface area contributed by atoms with Crippen molar-refractivity contribution in [2.45, 2.75) is 18.9 Å². The van der Waals surface area contributed by atoms with E-state index in [4.69, 9.17) is 4.74 Å². The van der Waals surface area contributed by atoms with Crippen molar-refractivity contribution in [3.8, 4) is 0 Å². The van der Waals surface area contributed by atoms with E-state index in [1.165, 1.54) is 12.8 Å². The summed E-state index contributed by atoms with van der Waals surface area (Å²) in [4.78, 5) is 11.8. The van der Waals surface area contributed by atoms with E-state index in [0.717, 1.165) is 58.4 Å². The van der Waals surface area contributed by atoms with E-state index in [9.17, 15) is 0 Å². The van der Waals surface area contributed by atoms with Crippen molar-refractivity contribution in [2.24, 2.45) is 10.4 Å². The molecule has 0 radical (unpaired) electrons. The van der Waals surface area contributed by atoms with Gasteiger partial charge in [0, 0.05) is 64.4 Å². The summed E-state index contributed by atoms with van der Waals surface area (Å²) in [6.07, 6.45) is 2.44. The lowest BCUT2D eigenvalue weighted by Gasteiger charge is -2.38. The molecule has 0 aromatic carbocycles. The van der Waals surface area contributed by atoms with Crippen molar-refractivity contribution >= 4 is 5.96 Å². The second kappa shape index (κ2) is 6.72. The van der Waals surface area contributed by atoms with Crippen molar-refractivity contribution in [1.29, 1.82) is 0 Å². The Bertz CT molecular complexity index is 407. The minimum Gasteiger partial charge on any atom is -0.381 e. The lowest BCUT2D eigenvalue weighted by molar-refractivity contribution is 0.116. The number of nitrogens with one attached hydrogen (secondary N) is 1. The summed E-state index contributed by atoms with van der Waals surface area (Å²) in [5.74, 6) is 1.06. The fourth-order valence-corrected chi connectivity index (χ4v) is 3.95. The van der Waals surface area contributed by atoms with Crippen molar-refractivity contribution in [2.75, 3.05) is 73.6 Å². The molecule has 126 valence electrons. The first-order valence-corrected chi connectivity index (χ1v) is 8.54. The Hall–Kier alpha value is -0.850. The monoisotopic (exact) mass is 309 g/mol. The number of rotatable bonds is 2. The molecule has 0 aliphatic carbocycles. The quantitative estimate of drug-likeness (QED) is 0.571. The van der Waals surface area contributed by atoms with Crippen LogP contribution in [0, 0.1) is 5.41 Å². The van der Waals surface area contributed by atoms with Crippen LogP contribution in [0.5, 0.6) is 0 Å². The van der Waals surface area contributed by atoms with Gasteiger partial charge in [-0.25, -0.2) is 0 Å². The summed E-state index contributed by atoms with van der Waals surface area (Å²) in [6, 6.07) is 0.557. The molecule has 3 heterocycles. The fraction of sp³-hybridized carbons (Fsp3) is 0.938. The zero-order valence-corrected chi connectivity index (χ0v) is 14.3. The number of likely N-dealkylation sites (tertiary alicyclic amines) is 1. The van der Waals surface area contributed by atoms with Gasteiger partial charge in [-0.05, 0) is 26.9 Å². The van der Waals surface area contributed by atoms with Crippen molar-refractivity contribution < 1.29 is 4.74 Å². The highest BCUT2D eigenvalue weighted by atomic mass is 16.5. The molecule has 22 heavy (non-hydrogen) atoms. The van der Waals surface area contributed by atoms with Gasteiger partial charge < -0.3 is 19.9 Å². The number of aliphatic imine (C=N–C) groups is 1. The third-order valence-electron chi connectivity index (χ3n) is 5.61. The zero-order valence-electron chi connectivity index (χ0n) is 14.3. The van der Waals surface area contributed by atoms with Crippen LogP contribution in [0.2, 0.25) is 0 Å². The topological polar surface area (TPSA) is 43.3 Å². The molecule has 0 aromatic rings. The number of nitrogens with zero attached hydrogens (tertiary/aromatic N) is 4. The first kappa shape index (κ1) is 16.0. The average molecular weight is 309 g/mol. The summed E-state index contributed by atoms with van der Waals surface area (Å²) < 4.78 is 5.63. The van der Waals surface area contributed by atoms with Crippen LogP contribution < -0.4 is 5.32 Å². The van der Waals surface area contributed by atoms with E-state index in [1.807, 2.05) is 7.05 Å².